The zero-order chi connectivity index (χ0) is 8.10. The molecular weight excluding hydrogens is 228 g/mol. The minimum absolute atomic E-state index is 0. The van der Waals surface area contributed by atoms with E-state index in [9.17, 15) is 4.79 Å². The van der Waals surface area contributed by atoms with Crippen molar-refractivity contribution in [3.63, 3.8) is 0 Å². The number of benzene rings is 1. The van der Waals surface area contributed by atoms with Crippen molar-refractivity contribution in [1.82, 2.24) is 0 Å². The predicted molar refractivity (Wildman–Crippen MR) is 50.6 cm³/mol. The SMILES string of the molecule is C=COC(=O)c1ccccc1.[SrH2]. The summed E-state index contributed by atoms with van der Waals surface area (Å²) in [5, 5.41) is 0. The number of carbonyl (C=O) groups excluding carboxylic acids is 1. The van der Waals surface area contributed by atoms with Crippen LogP contribution in [0.15, 0.2) is 43.2 Å². The second-order valence-corrected chi connectivity index (χ2v) is 1.94. The summed E-state index contributed by atoms with van der Waals surface area (Å²) in [5.74, 6) is -0.374. The molecule has 12 heavy (non-hydrogen) atoms. The Kier molecular flexibility index (Phi) is 6.38. The molecule has 1 rings (SSSR count). The maximum atomic E-state index is 11.0. The van der Waals surface area contributed by atoms with Crippen LogP contribution in [0.5, 0.6) is 0 Å². The second-order valence-electron chi connectivity index (χ2n) is 1.94. The average Bonchev–Trinajstić information content (AvgIpc) is 2.07. The van der Waals surface area contributed by atoms with E-state index in [0.29, 0.717) is 5.56 Å². The summed E-state index contributed by atoms with van der Waals surface area (Å²) < 4.78 is 4.55. The fraction of sp³-hybridized carbons (Fsp3) is 0. The van der Waals surface area contributed by atoms with Crippen LogP contribution in [0.25, 0.3) is 0 Å². The Hall–Kier alpha value is -0.0895. The van der Waals surface area contributed by atoms with Gasteiger partial charge >= 0.3 is 51.5 Å². The van der Waals surface area contributed by atoms with E-state index in [1.807, 2.05) is 6.07 Å². The van der Waals surface area contributed by atoms with E-state index in [2.05, 4.69) is 11.3 Å². The average molecular weight is 238 g/mol. The van der Waals surface area contributed by atoms with Gasteiger partial charge in [0.2, 0.25) is 0 Å². The monoisotopic (exact) mass is 238 g/mol. The summed E-state index contributed by atoms with van der Waals surface area (Å²) in [7, 11) is 0. The molecule has 0 fully saturated rings. The number of carbonyl (C=O) groups is 1. The van der Waals surface area contributed by atoms with Gasteiger partial charge in [0, 0.05) is 0 Å². The summed E-state index contributed by atoms with van der Waals surface area (Å²) >= 11 is 0. The Labute approximate surface area is 108 Å². The standard InChI is InChI=1S/C9H8O2.Sr.2H/c1-2-11-9(10)8-6-4-3-5-7-8;;;/h2-7H,1H2;;;. The van der Waals surface area contributed by atoms with Crippen molar-refractivity contribution in [3.8, 4) is 0 Å². The van der Waals surface area contributed by atoms with Crippen LogP contribution in [-0.2, 0) is 4.74 Å². The Morgan fingerprint density at radius 1 is 1.33 bits per heavy atom. The molecule has 0 bridgehead atoms. The normalized spacial score (nSPS) is 8.00. The van der Waals surface area contributed by atoms with E-state index in [0.717, 1.165) is 6.26 Å². The first-order chi connectivity index (χ1) is 5.34. The third-order valence-corrected chi connectivity index (χ3v) is 1.20. The van der Waals surface area contributed by atoms with Gasteiger partial charge in [0.1, 0.15) is 0 Å². The van der Waals surface area contributed by atoms with Gasteiger partial charge in [-0.25, -0.2) is 4.79 Å². The van der Waals surface area contributed by atoms with Crippen molar-refractivity contribution in [1.29, 1.82) is 0 Å². The van der Waals surface area contributed by atoms with Gasteiger partial charge in [-0.05, 0) is 12.1 Å². The molecule has 1 aromatic carbocycles. The quantitative estimate of drug-likeness (QED) is 0.437. The predicted octanol–water partition coefficient (Wildman–Crippen LogP) is 1.07. The fourth-order valence-electron chi connectivity index (χ4n) is 0.718. The Morgan fingerprint density at radius 2 is 1.92 bits per heavy atom. The molecule has 0 aliphatic heterocycles. The summed E-state index contributed by atoms with van der Waals surface area (Å²) in [5.41, 5.74) is 0.535. The molecule has 60 valence electrons. The van der Waals surface area contributed by atoms with Crippen LogP contribution in [0.3, 0.4) is 0 Å². The molecular formula is C9H10O2Sr. The molecule has 0 saturated heterocycles. The van der Waals surface area contributed by atoms with Crippen LogP contribution in [-0.4, -0.2) is 51.5 Å². The van der Waals surface area contributed by atoms with Crippen LogP contribution < -0.4 is 0 Å². The van der Waals surface area contributed by atoms with Crippen molar-refractivity contribution in [2.75, 3.05) is 0 Å². The van der Waals surface area contributed by atoms with Crippen LogP contribution in [0.1, 0.15) is 10.4 Å². The van der Waals surface area contributed by atoms with Gasteiger partial charge in [0.15, 0.2) is 0 Å². The fourth-order valence-corrected chi connectivity index (χ4v) is 0.718. The third-order valence-electron chi connectivity index (χ3n) is 1.20. The number of rotatable bonds is 2. The number of hydrogen-bond donors (Lipinski definition) is 0. The van der Waals surface area contributed by atoms with Crippen molar-refractivity contribution in [2.24, 2.45) is 0 Å². The van der Waals surface area contributed by atoms with Gasteiger partial charge in [0.25, 0.3) is 0 Å². The van der Waals surface area contributed by atoms with Gasteiger partial charge in [0.05, 0.1) is 11.8 Å². The number of hydrogen-bond acceptors (Lipinski definition) is 2. The Morgan fingerprint density at radius 3 is 2.42 bits per heavy atom. The first-order valence-electron chi connectivity index (χ1n) is 3.21. The molecule has 0 aliphatic rings. The first-order valence-corrected chi connectivity index (χ1v) is 3.21. The van der Waals surface area contributed by atoms with E-state index < -0.39 is 0 Å². The minimum atomic E-state index is -0.374. The van der Waals surface area contributed by atoms with E-state index >= 15 is 0 Å². The Balaban J connectivity index is 0.00000121. The van der Waals surface area contributed by atoms with Crippen molar-refractivity contribution >= 4 is 51.5 Å². The molecule has 0 aromatic heterocycles. The van der Waals surface area contributed by atoms with Crippen molar-refractivity contribution < 1.29 is 9.53 Å². The van der Waals surface area contributed by atoms with Gasteiger partial charge in [-0.1, -0.05) is 24.8 Å². The molecule has 0 radical (unpaired) electrons. The van der Waals surface area contributed by atoms with Crippen LogP contribution in [0, 0.1) is 0 Å². The van der Waals surface area contributed by atoms with E-state index in [1.165, 1.54) is 0 Å². The van der Waals surface area contributed by atoms with Crippen LogP contribution in [0.2, 0.25) is 0 Å². The van der Waals surface area contributed by atoms with Crippen molar-refractivity contribution in [3.05, 3.63) is 48.7 Å². The van der Waals surface area contributed by atoms with E-state index in [4.69, 9.17) is 0 Å². The molecule has 3 heteroatoms. The van der Waals surface area contributed by atoms with E-state index in [1.54, 1.807) is 24.3 Å². The van der Waals surface area contributed by atoms with Gasteiger partial charge in [-0.3, -0.25) is 0 Å². The summed E-state index contributed by atoms with van der Waals surface area (Å²) in [6.45, 7) is 3.28. The molecule has 0 aliphatic carbocycles. The maximum absolute atomic E-state index is 11.0. The van der Waals surface area contributed by atoms with Crippen LogP contribution >= 0.6 is 0 Å². The topological polar surface area (TPSA) is 26.3 Å². The zero-order valence-electron chi connectivity index (χ0n) is 5.99. The molecule has 0 N–H and O–H groups in total. The first kappa shape index (κ1) is 11.9. The summed E-state index contributed by atoms with van der Waals surface area (Å²) in [6, 6.07) is 8.77. The van der Waals surface area contributed by atoms with Crippen LogP contribution in [0.4, 0.5) is 0 Å². The molecule has 0 atom stereocenters. The summed E-state index contributed by atoms with van der Waals surface area (Å²) in [4.78, 5) is 11.0. The van der Waals surface area contributed by atoms with Gasteiger partial charge < -0.3 is 4.74 Å². The molecule has 0 amide bonds. The summed E-state index contributed by atoms with van der Waals surface area (Å²) in [6.07, 6.45) is 1.12. The molecule has 0 unspecified atom stereocenters. The molecule has 1 aromatic rings. The van der Waals surface area contributed by atoms with Crippen molar-refractivity contribution in [2.45, 2.75) is 0 Å². The third kappa shape index (κ3) is 3.54. The molecule has 0 saturated carbocycles. The molecule has 0 heterocycles. The van der Waals surface area contributed by atoms with Gasteiger partial charge in [-0.2, -0.15) is 0 Å². The molecule has 2 nitrogen and oxygen atoms in total. The Bertz CT molecular complexity index is 256. The number of esters is 1. The number of ether oxygens (including phenoxy) is 1. The molecule has 0 spiro atoms. The second kappa shape index (κ2) is 6.43. The van der Waals surface area contributed by atoms with Gasteiger partial charge in [-0.15, -0.1) is 0 Å². The van der Waals surface area contributed by atoms with E-state index in [-0.39, 0.29) is 51.5 Å². The zero-order valence-corrected chi connectivity index (χ0v) is 5.99.